The van der Waals surface area contributed by atoms with Crippen molar-refractivity contribution in [2.45, 2.75) is 32.5 Å². The maximum Gasteiger partial charge on any atom is 0.196 e. The third-order valence-electron chi connectivity index (χ3n) is 5.39. The summed E-state index contributed by atoms with van der Waals surface area (Å²) in [6, 6.07) is 10.0. The second-order valence-electron chi connectivity index (χ2n) is 7.24. The number of benzene rings is 1. The molecule has 0 aliphatic carbocycles. The van der Waals surface area contributed by atoms with E-state index < -0.39 is 0 Å². The highest BCUT2D eigenvalue weighted by molar-refractivity contribution is 7.41. The Bertz CT molecular complexity index is 995. The van der Waals surface area contributed by atoms with Crippen molar-refractivity contribution >= 4 is 25.7 Å². The average molecular weight is 381 g/mol. The van der Waals surface area contributed by atoms with Crippen molar-refractivity contribution in [2.24, 2.45) is 0 Å². The summed E-state index contributed by atoms with van der Waals surface area (Å²) in [6.45, 7) is 2.95. The summed E-state index contributed by atoms with van der Waals surface area (Å²) in [7, 11) is 4.32. The number of fused-ring (bicyclic) bond motifs is 3. The SMILES string of the molecule is CN1CCc2c(c3cc(CO)ccc3n2CCc2ccc(C(=O)P)nc2)C1. The monoisotopic (exact) mass is 381 g/mol. The van der Waals surface area contributed by atoms with Crippen molar-refractivity contribution in [3.8, 4) is 0 Å². The maximum atomic E-state index is 11.4. The maximum absolute atomic E-state index is 11.4. The van der Waals surface area contributed by atoms with Crippen molar-refractivity contribution < 1.29 is 9.90 Å². The molecule has 140 valence electrons. The molecule has 27 heavy (non-hydrogen) atoms. The van der Waals surface area contributed by atoms with Gasteiger partial charge in [0.15, 0.2) is 5.52 Å². The van der Waals surface area contributed by atoms with Gasteiger partial charge in [0.2, 0.25) is 0 Å². The zero-order valence-corrected chi connectivity index (χ0v) is 16.6. The quantitative estimate of drug-likeness (QED) is 0.691. The number of aryl methyl sites for hydroxylation is 2. The summed E-state index contributed by atoms with van der Waals surface area (Å²) in [6.07, 6.45) is 3.70. The van der Waals surface area contributed by atoms with E-state index >= 15 is 0 Å². The number of aliphatic hydroxyl groups excluding tert-OH is 1. The van der Waals surface area contributed by atoms with E-state index in [0.29, 0.717) is 5.69 Å². The van der Waals surface area contributed by atoms with Crippen LogP contribution in [0.15, 0.2) is 36.5 Å². The van der Waals surface area contributed by atoms with Gasteiger partial charge in [-0.1, -0.05) is 21.4 Å². The molecule has 4 rings (SSSR count). The standard InChI is InChI=1S/C21H24N3O2P/c1-23-8-7-20-17(12-23)16-10-15(13-25)3-5-19(16)24(20)9-6-14-2-4-18(21(26)27)22-11-14/h2-5,10-11,25H,6-9,12-13,27H2,1H3. The second kappa shape index (κ2) is 7.51. The van der Waals surface area contributed by atoms with Crippen LogP contribution in [-0.2, 0) is 32.5 Å². The van der Waals surface area contributed by atoms with Crippen LogP contribution in [0.4, 0.5) is 0 Å². The molecule has 1 atom stereocenters. The number of aliphatic hydroxyl groups is 1. The van der Waals surface area contributed by atoms with Gasteiger partial charge in [0.1, 0.15) is 5.69 Å². The van der Waals surface area contributed by atoms with Crippen molar-refractivity contribution in [2.75, 3.05) is 13.6 Å². The first-order chi connectivity index (χ1) is 13.1. The molecule has 1 N–H and O–H groups in total. The molecule has 1 unspecified atom stereocenters. The minimum Gasteiger partial charge on any atom is -0.392 e. The van der Waals surface area contributed by atoms with Gasteiger partial charge < -0.3 is 14.6 Å². The molecule has 0 spiro atoms. The predicted octanol–water partition coefficient (Wildman–Crippen LogP) is 2.77. The molecule has 0 bridgehead atoms. The van der Waals surface area contributed by atoms with Crippen molar-refractivity contribution in [3.05, 3.63) is 64.6 Å². The average Bonchev–Trinajstić information content (AvgIpc) is 2.98. The first kappa shape index (κ1) is 18.3. The molecule has 0 fully saturated rings. The molecule has 2 aromatic heterocycles. The number of likely N-dealkylation sites (N-methyl/N-ethyl adjacent to an activating group) is 1. The molecule has 6 heteroatoms. The van der Waals surface area contributed by atoms with Gasteiger partial charge in [-0.3, -0.25) is 9.78 Å². The van der Waals surface area contributed by atoms with Crippen LogP contribution >= 0.6 is 9.24 Å². The van der Waals surface area contributed by atoms with Crippen molar-refractivity contribution in [1.82, 2.24) is 14.5 Å². The Hall–Kier alpha value is -2.07. The number of carbonyl (C=O) groups is 1. The molecule has 5 nitrogen and oxygen atoms in total. The molecule has 0 amide bonds. The Morgan fingerprint density at radius 3 is 2.78 bits per heavy atom. The Morgan fingerprint density at radius 2 is 2.07 bits per heavy atom. The Kier molecular flexibility index (Phi) is 5.09. The van der Waals surface area contributed by atoms with Crippen molar-refractivity contribution in [1.29, 1.82) is 0 Å². The third-order valence-corrected chi connectivity index (χ3v) is 5.69. The molecule has 1 aliphatic rings. The van der Waals surface area contributed by atoms with Crippen LogP contribution in [0.1, 0.15) is 32.9 Å². The molecule has 1 aliphatic heterocycles. The lowest BCUT2D eigenvalue weighted by Crippen LogP contribution is -2.27. The van der Waals surface area contributed by atoms with Gasteiger partial charge in [-0.2, -0.15) is 0 Å². The summed E-state index contributed by atoms with van der Waals surface area (Å²) in [5, 5.41) is 10.8. The lowest BCUT2D eigenvalue weighted by Gasteiger charge is -2.24. The highest BCUT2D eigenvalue weighted by Gasteiger charge is 2.22. The van der Waals surface area contributed by atoms with Gasteiger partial charge >= 0.3 is 0 Å². The molecule has 3 heterocycles. The Morgan fingerprint density at radius 1 is 1.26 bits per heavy atom. The highest BCUT2D eigenvalue weighted by atomic mass is 31.0. The lowest BCUT2D eigenvalue weighted by molar-refractivity contribution is 0.108. The minimum absolute atomic E-state index is 0.0676. The fourth-order valence-corrected chi connectivity index (χ4v) is 4.12. The third kappa shape index (κ3) is 3.55. The normalized spacial score (nSPS) is 14.5. The predicted molar refractivity (Wildman–Crippen MR) is 110 cm³/mol. The van der Waals surface area contributed by atoms with Gasteiger partial charge in [-0.15, -0.1) is 0 Å². The van der Waals surface area contributed by atoms with Gasteiger partial charge in [0.25, 0.3) is 0 Å². The summed E-state index contributed by atoms with van der Waals surface area (Å²) >= 11 is 0. The van der Waals surface area contributed by atoms with Crippen LogP contribution in [0.3, 0.4) is 0 Å². The summed E-state index contributed by atoms with van der Waals surface area (Å²) < 4.78 is 2.42. The van der Waals surface area contributed by atoms with Gasteiger partial charge in [-0.05, 0) is 48.4 Å². The zero-order valence-electron chi connectivity index (χ0n) is 15.5. The van der Waals surface area contributed by atoms with Crippen molar-refractivity contribution in [3.63, 3.8) is 0 Å². The zero-order chi connectivity index (χ0) is 19.0. The summed E-state index contributed by atoms with van der Waals surface area (Å²) in [4.78, 5) is 18.0. The Balaban J connectivity index is 1.67. The first-order valence-electron chi connectivity index (χ1n) is 9.24. The van der Waals surface area contributed by atoms with Gasteiger partial charge in [-0.25, -0.2) is 0 Å². The van der Waals surface area contributed by atoms with E-state index in [1.54, 1.807) is 12.3 Å². The van der Waals surface area contributed by atoms with Crippen LogP contribution in [0.2, 0.25) is 0 Å². The largest absolute Gasteiger partial charge is 0.392 e. The number of aromatic nitrogens is 2. The number of carbonyl (C=O) groups excluding carboxylic acids is 1. The number of nitrogens with zero attached hydrogens (tertiary/aromatic N) is 3. The molecule has 0 radical (unpaired) electrons. The van der Waals surface area contributed by atoms with Gasteiger partial charge in [0, 0.05) is 48.8 Å². The Labute approximate surface area is 161 Å². The number of rotatable bonds is 5. The number of hydrogen-bond donors (Lipinski definition) is 1. The fourth-order valence-electron chi connectivity index (χ4n) is 3.94. The summed E-state index contributed by atoms with van der Waals surface area (Å²) in [5.41, 5.74) is 6.50. The van der Waals surface area contributed by atoms with Crippen LogP contribution < -0.4 is 0 Å². The van der Waals surface area contributed by atoms with E-state index in [2.05, 4.69) is 42.9 Å². The minimum atomic E-state index is -0.0872. The smallest absolute Gasteiger partial charge is 0.196 e. The highest BCUT2D eigenvalue weighted by Crippen LogP contribution is 2.31. The fraction of sp³-hybridized carbons (Fsp3) is 0.333. The molecular weight excluding hydrogens is 357 g/mol. The number of pyridine rings is 1. The number of hydrogen-bond acceptors (Lipinski definition) is 4. The van der Waals surface area contributed by atoms with Crippen LogP contribution in [-0.4, -0.2) is 38.7 Å². The van der Waals surface area contributed by atoms with E-state index in [1.165, 1.54) is 22.2 Å². The van der Waals surface area contributed by atoms with E-state index in [-0.39, 0.29) is 12.1 Å². The topological polar surface area (TPSA) is 58.4 Å². The summed E-state index contributed by atoms with van der Waals surface area (Å²) in [5.74, 6) is 0. The molecular formula is C21H24N3O2P. The van der Waals surface area contributed by atoms with E-state index in [9.17, 15) is 9.90 Å². The molecule has 0 saturated carbocycles. The van der Waals surface area contributed by atoms with E-state index in [0.717, 1.165) is 43.6 Å². The lowest BCUT2D eigenvalue weighted by atomic mass is 10.0. The molecule has 1 aromatic carbocycles. The second-order valence-corrected chi connectivity index (χ2v) is 7.76. The molecule has 0 saturated heterocycles. The van der Waals surface area contributed by atoms with Crippen LogP contribution in [0, 0.1) is 0 Å². The van der Waals surface area contributed by atoms with Crippen LogP contribution in [0.25, 0.3) is 10.9 Å². The van der Waals surface area contributed by atoms with E-state index in [4.69, 9.17) is 0 Å². The first-order valence-corrected chi connectivity index (χ1v) is 9.81. The molecule has 3 aromatic rings. The van der Waals surface area contributed by atoms with Gasteiger partial charge in [0.05, 0.1) is 6.61 Å². The van der Waals surface area contributed by atoms with Crippen LogP contribution in [0.5, 0.6) is 0 Å². The van der Waals surface area contributed by atoms with E-state index in [1.807, 2.05) is 12.1 Å².